The van der Waals surface area contributed by atoms with Crippen LogP contribution in [-0.4, -0.2) is 6.61 Å². The molecular weight excluding hydrogens is 338 g/mol. The third-order valence-corrected chi connectivity index (χ3v) is 4.43. The van der Waals surface area contributed by atoms with Crippen LogP contribution in [0.1, 0.15) is 110 Å². The van der Waals surface area contributed by atoms with Crippen LogP contribution in [0.5, 0.6) is 0 Å². The standard InChI is InChI=1S/C18H37O2P.Ni/c1-2-3-4-5-6-7-8-9-10-11-12-13-14-15-16-17-18-20-21-19;/h2-18H2,1H3;. The minimum absolute atomic E-state index is 0. The Labute approximate surface area is 150 Å². The van der Waals surface area contributed by atoms with Crippen molar-refractivity contribution in [2.24, 2.45) is 0 Å². The molecule has 0 spiro atoms. The maximum atomic E-state index is 10.0. The predicted molar refractivity (Wildman–Crippen MR) is 93.1 cm³/mol. The molecule has 0 aromatic carbocycles. The first-order valence-corrected chi connectivity index (χ1v) is 10.1. The van der Waals surface area contributed by atoms with Crippen LogP contribution in [0.4, 0.5) is 0 Å². The van der Waals surface area contributed by atoms with Crippen LogP contribution in [0.3, 0.4) is 0 Å². The molecule has 0 fully saturated rings. The van der Waals surface area contributed by atoms with Crippen LogP contribution in [0.15, 0.2) is 0 Å². The average Bonchev–Trinajstić information content (AvgIpc) is 2.50. The summed E-state index contributed by atoms with van der Waals surface area (Å²) in [5.74, 6) is 0. The Morgan fingerprint density at radius 3 is 1.23 bits per heavy atom. The molecule has 136 valence electrons. The summed E-state index contributed by atoms with van der Waals surface area (Å²) in [6, 6.07) is 0. The second kappa shape index (κ2) is 23.8. The molecule has 22 heavy (non-hydrogen) atoms. The third kappa shape index (κ3) is 22.8. The molecule has 0 saturated heterocycles. The molecule has 0 aromatic rings. The molecule has 0 amide bonds. The van der Waals surface area contributed by atoms with E-state index in [1.165, 1.54) is 96.3 Å². The van der Waals surface area contributed by atoms with E-state index in [-0.39, 0.29) is 25.2 Å². The van der Waals surface area contributed by atoms with Crippen molar-refractivity contribution in [1.82, 2.24) is 0 Å². The van der Waals surface area contributed by atoms with Crippen LogP contribution < -0.4 is 0 Å². The molecule has 0 N–H and O–H groups in total. The maximum Gasteiger partial charge on any atom is 0.327 e. The summed E-state index contributed by atoms with van der Waals surface area (Å²) in [6.07, 6.45) is 22.0. The van der Waals surface area contributed by atoms with Crippen LogP contribution in [0, 0.1) is 0 Å². The molecule has 0 heterocycles. The molecule has 2 nitrogen and oxygen atoms in total. The number of hydrogen-bond donors (Lipinski definition) is 0. The van der Waals surface area contributed by atoms with Crippen molar-refractivity contribution < 1.29 is 25.6 Å². The Kier molecular flexibility index (Phi) is 26.8. The summed E-state index contributed by atoms with van der Waals surface area (Å²) in [7, 11) is -0.171. The predicted octanol–water partition coefficient (Wildman–Crippen LogP) is 7.47. The zero-order valence-electron chi connectivity index (χ0n) is 14.6. The molecular formula is C18H37NiO2P. The van der Waals surface area contributed by atoms with E-state index in [0.29, 0.717) is 6.61 Å². The van der Waals surface area contributed by atoms with Gasteiger partial charge in [-0.2, -0.15) is 0 Å². The quantitative estimate of drug-likeness (QED) is 0.141. The SMILES string of the molecule is CCCCCCCCCCCCCCCCCCOP=O.[Ni]. The van der Waals surface area contributed by atoms with E-state index in [4.69, 9.17) is 4.52 Å². The molecule has 0 aliphatic heterocycles. The largest absolute Gasteiger partial charge is 0.327 e. The first kappa shape index (κ1) is 24.8. The molecule has 0 bridgehead atoms. The number of unbranched alkanes of at least 4 members (excludes halogenated alkanes) is 15. The summed E-state index contributed by atoms with van der Waals surface area (Å²) in [5, 5.41) is 0. The van der Waals surface area contributed by atoms with E-state index < -0.39 is 0 Å². The van der Waals surface area contributed by atoms with E-state index >= 15 is 0 Å². The molecule has 0 unspecified atom stereocenters. The first-order chi connectivity index (χ1) is 10.4. The molecule has 0 rings (SSSR count). The Balaban J connectivity index is 0. The van der Waals surface area contributed by atoms with E-state index in [9.17, 15) is 4.57 Å². The summed E-state index contributed by atoms with van der Waals surface area (Å²) in [4.78, 5) is 0. The van der Waals surface area contributed by atoms with Gasteiger partial charge in [0.05, 0.1) is 6.61 Å². The van der Waals surface area contributed by atoms with Gasteiger partial charge in [0.2, 0.25) is 0 Å². The molecule has 0 radical (unpaired) electrons. The molecule has 0 aliphatic carbocycles. The second-order valence-electron chi connectivity index (χ2n) is 6.21. The van der Waals surface area contributed by atoms with Gasteiger partial charge in [0.25, 0.3) is 0 Å². The van der Waals surface area contributed by atoms with Gasteiger partial charge in [-0.25, -0.2) is 4.57 Å². The zero-order valence-corrected chi connectivity index (χ0v) is 16.5. The molecule has 0 atom stereocenters. The van der Waals surface area contributed by atoms with Crippen molar-refractivity contribution in [2.75, 3.05) is 6.61 Å². The summed E-state index contributed by atoms with van der Waals surface area (Å²) >= 11 is 0. The fourth-order valence-electron chi connectivity index (χ4n) is 2.75. The second-order valence-corrected chi connectivity index (χ2v) is 6.62. The van der Waals surface area contributed by atoms with Crippen LogP contribution in [0.25, 0.3) is 0 Å². The topological polar surface area (TPSA) is 26.3 Å². The van der Waals surface area contributed by atoms with Gasteiger partial charge in [-0.05, 0) is 6.42 Å². The average molecular weight is 375 g/mol. The Morgan fingerprint density at radius 2 is 0.909 bits per heavy atom. The van der Waals surface area contributed by atoms with Gasteiger partial charge in [0, 0.05) is 16.5 Å². The van der Waals surface area contributed by atoms with Crippen molar-refractivity contribution in [3.63, 3.8) is 0 Å². The molecule has 0 saturated carbocycles. The summed E-state index contributed by atoms with van der Waals surface area (Å²) in [5.41, 5.74) is 0. The third-order valence-electron chi connectivity index (χ3n) is 4.14. The van der Waals surface area contributed by atoms with Crippen molar-refractivity contribution >= 4 is 8.69 Å². The summed E-state index contributed by atoms with van der Waals surface area (Å²) in [6.45, 7) is 2.92. The van der Waals surface area contributed by atoms with Gasteiger partial charge in [-0.1, -0.05) is 103 Å². The molecule has 0 aliphatic rings. The fourth-order valence-corrected chi connectivity index (χ4v) is 2.96. The Bertz CT molecular complexity index is 204. The van der Waals surface area contributed by atoms with E-state index in [0.717, 1.165) is 6.42 Å². The number of hydrogen-bond acceptors (Lipinski definition) is 2. The van der Waals surface area contributed by atoms with Gasteiger partial charge in [0.1, 0.15) is 0 Å². The van der Waals surface area contributed by atoms with Gasteiger partial charge in [-0.15, -0.1) is 0 Å². The van der Waals surface area contributed by atoms with Crippen molar-refractivity contribution in [2.45, 2.75) is 110 Å². The zero-order chi connectivity index (χ0) is 15.4. The first-order valence-electron chi connectivity index (χ1n) is 9.36. The van der Waals surface area contributed by atoms with E-state index in [2.05, 4.69) is 6.92 Å². The molecule has 0 aromatic heterocycles. The minimum atomic E-state index is -0.171. The number of rotatable bonds is 18. The van der Waals surface area contributed by atoms with E-state index in [1.54, 1.807) is 0 Å². The fraction of sp³-hybridized carbons (Fsp3) is 1.00. The van der Waals surface area contributed by atoms with Crippen molar-refractivity contribution in [1.29, 1.82) is 0 Å². The minimum Gasteiger partial charge on any atom is -0.294 e. The van der Waals surface area contributed by atoms with Gasteiger partial charge >= 0.3 is 8.69 Å². The van der Waals surface area contributed by atoms with Crippen LogP contribution >= 0.6 is 8.69 Å². The van der Waals surface area contributed by atoms with Crippen LogP contribution in [0.2, 0.25) is 0 Å². The van der Waals surface area contributed by atoms with Gasteiger partial charge in [0.15, 0.2) is 0 Å². The maximum absolute atomic E-state index is 10.0. The van der Waals surface area contributed by atoms with Crippen LogP contribution in [-0.2, 0) is 25.6 Å². The van der Waals surface area contributed by atoms with E-state index in [1.807, 2.05) is 0 Å². The normalized spacial score (nSPS) is 10.8. The Hall–Kier alpha value is 0.554. The Morgan fingerprint density at radius 1 is 0.591 bits per heavy atom. The molecule has 4 heteroatoms. The summed E-state index contributed by atoms with van der Waals surface area (Å²) < 4.78 is 14.8. The smallest absolute Gasteiger partial charge is 0.294 e. The van der Waals surface area contributed by atoms with Crippen molar-refractivity contribution in [3.05, 3.63) is 0 Å². The van der Waals surface area contributed by atoms with Gasteiger partial charge in [-0.3, -0.25) is 4.52 Å². The van der Waals surface area contributed by atoms with Crippen molar-refractivity contribution in [3.8, 4) is 0 Å². The monoisotopic (exact) mass is 374 g/mol. The van der Waals surface area contributed by atoms with Gasteiger partial charge < -0.3 is 0 Å².